The van der Waals surface area contributed by atoms with E-state index in [0.717, 1.165) is 36.0 Å². The van der Waals surface area contributed by atoms with Crippen molar-refractivity contribution in [3.63, 3.8) is 0 Å². The van der Waals surface area contributed by atoms with Gasteiger partial charge in [-0.3, -0.25) is 0 Å². The molecule has 4 heteroatoms. The lowest BCUT2D eigenvalue weighted by Crippen LogP contribution is -2.24. The van der Waals surface area contributed by atoms with E-state index in [4.69, 9.17) is 5.11 Å². The number of aliphatic hydroxyl groups is 1. The summed E-state index contributed by atoms with van der Waals surface area (Å²) in [5.41, 5.74) is 3.71. The fraction of sp³-hybridized carbons (Fsp3) is 0.500. The van der Waals surface area contributed by atoms with Crippen LogP contribution in [0.15, 0.2) is 6.07 Å². The second kappa shape index (κ2) is 6.16. The molecule has 3 radical (unpaired) electrons. The van der Waals surface area contributed by atoms with E-state index < -0.39 is 12.1 Å². The average Bonchev–Trinajstić information content (AvgIpc) is 2.34. The van der Waals surface area contributed by atoms with Crippen molar-refractivity contribution in [3.05, 3.63) is 28.3 Å². The highest BCUT2D eigenvalue weighted by atomic mass is 28.1. The minimum atomic E-state index is -1.47. The number of aliphatic carboxylic acids is 1. The molecule has 1 atom stereocenters. The molecule has 18 heavy (non-hydrogen) atoms. The minimum Gasteiger partial charge on any atom is -0.479 e. The number of carboxylic acids is 1. The summed E-state index contributed by atoms with van der Waals surface area (Å²) in [5, 5.41) is 19.3. The molecule has 0 saturated carbocycles. The molecule has 0 spiro atoms. The molecule has 0 saturated heterocycles. The topological polar surface area (TPSA) is 57.5 Å². The number of aliphatic hydroxyl groups excluding tert-OH is 1. The maximum absolute atomic E-state index is 10.9. The van der Waals surface area contributed by atoms with Gasteiger partial charge in [-0.1, -0.05) is 24.6 Å². The van der Waals surface area contributed by atoms with Gasteiger partial charge in [-0.2, -0.15) is 0 Å². The van der Waals surface area contributed by atoms with E-state index in [1.165, 1.54) is 0 Å². The van der Waals surface area contributed by atoms with Crippen molar-refractivity contribution in [2.45, 2.75) is 46.1 Å². The van der Waals surface area contributed by atoms with Gasteiger partial charge >= 0.3 is 5.97 Å². The molecule has 0 fully saturated rings. The number of hydrogen-bond donors (Lipinski definition) is 2. The zero-order valence-electron chi connectivity index (χ0n) is 11.1. The number of rotatable bonds is 5. The first-order chi connectivity index (χ1) is 8.40. The third kappa shape index (κ3) is 3.00. The first-order valence-electron chi connectivity index (χ1n) is 6.15. The SMILES string of the molecule is CCCCc1cc(C(O)C(=O)O)c([Si])c(C)c1C. The summed E-state index contributed by atoms with van der Waals surface area (Å²) < 4.78 is 0. The van der Waals surface area contributed by atoms with Crippen LogP contribution >= 0.6 is 0 Å². The summed E-state index contributed by atoms with van der Waals surface area (Å²) in [7, 11) is 3.43. The van der Waals surface area contributed by atoms with E-state index in [9.17, 15) is 9.90 Å². The van der Waals surface area contributed by atoms with Crippen LogP contribution in [0.25, 0.3) is 0 Å². The largest absolute Gasteiger partial charge is 0.479 e. The first kappa shape index (κ1) is 14.9. The van der Waals surface area contributed by atoms with E-state index in [0.29, 0.717) is 10.8 Å². The molecule has 2 N–H and O–H groups in total. The van der Waals surface area contributed by atoms with Gasteiger partial charge in [0.15, 0.2) is 6.10 Å². The highest BCUT2D eigenvalue weighted by molar-refractivity contribution is 6.34. The van der Waals surface area contributed by atoms with Crippen LogP contribution in [0.3, 0.4) is 0 Å². The molecule has 0 amide bonds. The lowest BCUT2D eigenvalue weighted by atomic mass is 9.94. The molecule has 0 aromatic heterocycles. The van der Waals surface area contributed by atoms with Gasteiger partial charge in [-0.05, 0) is 48.9 Å². The minimum absolute atomic E-state index is 0.438. The summed E-state index contributed by atoms with van der Waals surface area (Å²) in [4.78, 5) is 10.9. The molecular formula is C14H19O3Si. The molecule has 0 aliphatic heterocycles. The predicted octanol–water partition coefficient (Wildman–Crippen LogP) is 1.56. The third-order valence-corrected chi connectivity index (χ3v) is 4.03. The fourth-order valence-corrected chi connectivity index (χ4v) is 2.38. The van der Waals surface area contributed by atoms with Crippen molar-refractivity contribution >= 4 is 21.4 Å². The zero-order chi connectivity index (χ0) is 13.9. The number of benzene rings is 1. The van der Waals surface area contributed by atoms with Crippen molar-refractivity contribution < 1.29 is 15.0 Å². The van der Waals surface area contributed by atoms with Gasteiger partial charge < -0.3 is 10.2 Å². The Hall–Kier alpha value is -1.13. The first-order valence-corrected chi connectivity index (χ1v) is 6.65. The van der Waals surface area contributed by atoms with Crippen molar-refractivity contribution in [1.82, 2.24) is 0 Å². The Morgan fingerprint density at radius 1 is 1.39 bits per heavy atom. The van der Waals surface area contributed by atoms with Crippen molar-refractivity contribution in [3.8, 4) is 0 Å². The van der Waals surface area contributed by atoms with Crippen LogP contribution in [0.2, 0.25) is 0 Å². The van der Waals surface area contributed by atoms with Crippen LogP contribution in [0.4, 0.5) is 0 Å². The molecule has 0 heterocycles. The van der Waals surface area contributed by atoms with Crippen molar-refractivity contribution in [1.29, 1.82) is 0 Å². The predicted molar refractivity (Wildman–Crippen MR) is 72.5 cm³/mol. The molecule has 1 unspecified atom stereocenters. The van der Waals surface area contributed by atoms with E-state index in [2.05, 4.69) is 17.2 Å². The Balaban J connectivity index is 3.26. The fourth-order valence-electron chi connectivity index (χ4n) is 1.99. The van der Waals surface area contributed by atoms with Crippen LogP contribution in [0.5, 0.6) is 0 Å². The summed E-state index contributed by atoms with van der Waals surface area (Å²) in [5.74, 6) is -1.22. The molecular weight excluding hydrogens is 244 g/mol. The highest BCUT2D eigenvalue weighted by Crippen LogP contribution is 2.20. The normalized spacial score (nSPS) is 12.5. The molecule has 0 aliphatic rings. The number of hydrogen-bond acceptors (Lipinski definition) is 2. The number of aryl methyl sites for hydroxylation is 1. The van der Waals surface area contributed by atoms with Gasteiger partial charge in [0, 0.05) is 0 Å². The maximum Gasteiger partial charge on any atom is 0.337 e. The second-order valence-electron chi connectivity index (χ2n) is 4.59. The van der Waals surface area contributed by atoms with Crippen molar-refractivity contribution in [2.24, 2.45) is 0 Å². The van der Waals surface area contributed by atoms with Crippen molar-refractivity contribution in [2.75, 3.05) is 0 Å². The smallest absolute Gasteiger partial charge is 0.337 e. The molecule has 0 aliphatic carbocycles. The quantitative estimate of drug-likeness (QED) is 0.793. The van der Waals surface area contributed by atoms with Gasteiger partial charge in [-0.25, -0.2) is 4.79 Å². The molecule has 3 nitrogen and oxygen atoms in total. The number of carbonyl (C=O) groups is 1. The Morgan fingerprint density at radius 3 is 2.50 bits per heavy atom. The van der Waals surface area contributed by atoms with Gasteiger partial charge in [0.1, 0.15) is 0 Å². The van der Waals surface area contributed by atoms with Gasteiger partial charge in [0.25, 0.3) is 0 Å². The standard InChI is InChI=1S/C14H19O3Si/c1-4-5-6-10-7-11(12(15)14(16)17)13(18)9(3)8(10)2/h7,12,15H,4-6H2,1-3H3,(H,16,17). The maximum atomic E-state index is 10.9. The van der Waals surface area contributed by atoms with Gasteiger partial charge in [0.05, 0.1) is 10.2 Å². The Morgan fingerprint density at radius 2 is 2.00 bits per heavy atom. The van der Waals surface area contributed by atoms with Crippen LogP contribution < -0.4 is 5.19 Å². The summed E-state index contributed by atoms with van der Waals surface area (Å²) in [6.07, 6.45) is 1.58. The average molecular weight is 263 g/mol. The Labute approximate surface area is 111 Å². The van der Waals surface area contributed by atoms with Gasteiger partial charge in [-0.15, -0.1) is 0 Å². The molecule has 1 aromatic rings. The zero-order valence-corrected chi connectivity index (χ0v) is 12.1. The Kier molecular flexibility index (Phi) is 5.11. The van der Waals surface area contributed by atoms with E-state index in [1.807, 2.05) is 13.8 Å². The van der Waals surface area contributed by atoms with Crippen LogP contribution in [-0.4, -0.2) is 26.4 Å². The molecule has 1 rings (SSSR count). The summed E-state index contributed by atoms with van der Waals surface area (Å²) >= 11 is 0. The number of carboxylic acid groups (broad SMARTS) is 1. The lowest BCUT2D eigenvalue weighted by molar-refractivity contribution is -0.146. The van der Waals surface area contributed by atoms with Crippen LogP contribution in [0.1, 0.15) is 48.1 Å². The monoisotopic (exact) mass is 263 g/mol. The second-order valence-corrected chi connectivity index (χ2v) is 5.09. The number of unbranched alkanes of at least 4 members (excludes halogenated alkanes) is 1. The van der Waals surface area contributed by atoms with E-state index in [1.54, 1.807) is 6.07 Å². The highest BCUT2D eigenvalue weighted by Gasteiger charge is 2.20. The van der Waals surface area contributed by atoms with E-state index in [-0.39, 0.29) is 0 Å². The van der Waals surface area contributed by atoms with E-state index >= 15 is 0 Å². The third-order valence-electron chi connectivity index (χ3n) is 3.37. The van der Waals surface area contributed by atoms with Crippen LogP contribution in [0, 0.1) is 13.8 Å². The van der Waals surface area contributed by atoms with Gasteiger partial charge in [0.2, 0.25) is 0 Å². The molecule has 0 bridgehead atoms. The molecule has 97 valence electrons. The summed E-state index contributed by atoms with van der Waals surface area (Å²) in [6, 6.07) is 1.80. The Bertz CT molecular complexity index is 455. The molecule has 1 aromatic carbocycles. The van der Waals surface area contributed by atoms with Crippen LogP contribution in [-0.2, 0) is 11.2 Å². The summed E-state index contributed by atoms with van der Waals surface area (Å²) in [6.45, 7) is 6.08. The lowest BCUT2D eigenvalue weighted by Gasteiger charge is -2.18.